The van der Waals surface area contributed by atoms with E-state index in [2.05, 4.69) is 0 Å². The molecule has 0 spiro atoms. The monoisotopic (exact) mass is 176 g/mol. The Kier molecular flexibility index (Phi) is 3.30. The zero-order valence-corrected chi connectivity index (χ0v) is 7.53. The van der Waals surface area contributed by atoms with Gasteiger partial charge in [0.2, 0.25) is 0 Å². The lowest BCUT2D eigenvalue weighted by atomic mass is 10.0. The van der Waals surface area contributed by atoms with Crippen LogP contribution >= 0.6 is 0 Å². The van der Waals surface area contributed by atoms with Crippen molar-refractivity contribution in [3.8, 4) is 11.8 Å². The average molecular weight is 176 g/mol. The fraction of sp³-hybridized carbons (Fsp3) is 0.300. The van der Waals surface area contributed by atoms with Crippen LogP contribution in [0.3, 0.4) is 0 Å². The Balaban J connectivity index is 2.93. The van der Waals surface area contributed by atoms with E-state index < -0.39 is 0 Å². The maximum Gasteiger partial charge on any atom is 0.123 e. The molecule has 1 aromatic carbocycles. The molecule has 0 saturated heterocycles. The third-order valence-electron chi connectivity index (χ3n) is 1.85. The van der Waals surface area contributed by atoms with Gasteiger partial charge in [0, 0.05) is 11.6 Å². The zero-order chi connectivity index (χ0) is 9.68. The fourth-order valence-electron chi connectivity index (χ4n) is 1.18. The summed E-state index contributed by atoms with van der Waals surface area (Å²) < 4.78 is 5.12. The van der Waals surface area contributed by atoms with Crippen LogP contribution in [0.4, 0.5) is 0 Å². The van der Waals surface area contributed by atoms with Crippen LogP contribution in [0.2, 0.25) is 0 Å². The van der Waals surface area contributed by atoms with Crippen molar-refractivity contribution in [3.63, 3.8) is 0 Å². The van der Waals surface area contributed by atoms with Gasteiger partial charge in [0.05, 0.1) is 19.6 Å². The van der Waals surface area contributed by atoms with Crippen molar-refractivity contribution in [1.82, 2.24) is 0 Å². The van der Waals surface area contributed by atoms with E-state index in [-0.39, 0.29) is 6.04 Å². The molecule has 0 aromatic heterocycles. The summed E-state index contributed by atoms with van der Waals surface area (Å²) in [7, 11) is 1.60. The van der Waals surface area contributed by atoms with E-state index in [0.29, 0.717) is 6.42 Å². The third-order valence-corrected chi connectivity index (χ3v) is 1.85. The Morgan fingerprint density at radius 1 is 1.54 bits per heavy atom. The molecular formula is C10H12N2O. The number of benzene rings is 1. The van der Waals surface area contributed by atoms with Gasteiger partial charge in [0.15, 0.2) is 0 Å². The van der Waals surface area contributed by atoms with E-state index in [9.17, 15) is 0 Å². The summed E-state index contributed by atoms with van der Waals surface area (Å²) in [6.45, 7) is 0. The molecule has 2 N–H and O–H groups in total. The second kappa shape index (κ2) is 4.48. The van der Waals surface area contributed by atoms with E-state index in [1.165, 1.54) is 0 Å². The number of methoxy groups -OCH3 is 1. The van der Waals surface area contributed by atoms with Crippen LogP contribution in [0.15, 0.2) is 24.3 Å². The molecule has 0 aliphatic rings. The number of nitrogens with zero attached hydrogens (tertiary/aromatic N) is 1. The van der Waals surface area contributed by atoms with E-state index >= 15 is 0 Å². The Hall–Kier alpha value is -1.53. The molecule has 0 saturated carbocycles. The first-order valence-corrected chi connectivity index (χ1v) is 4.05. The molecule has 0 aliphatic carbocycles. The summed E-state index contributed by atoms with van der Waals surface area (Å²) in [6.07, 6.45) is 0.306. The van der Waals surface area contributed by atoms with Crippen molar-refractivity contribution >= 4 is 0 Å². The molecule has 1 aromatic rings. The lowest BCUT2D eigenvalue weighted by molar-refractivity contribution is 0.406. The van der Waals surface area contributed by atoms with Crippen LogP contribution < -0.4 is 10.5 Å². The van der Waals surface area contributed by atoms with Gasteiger partial charge in [-0.05, 0) is 6.07 Å². The average Bonchev–Trinajstić information content (AvgIpc) is 2.18. The predicted octanol–water partition coefficient (Wildman–Crippen LogP) is 1.61. The minimum absolute atomic E-state index is 0.263. The fourth-order valence-corrected chi connectivity index (χ4v) is 1.18. The number of para-hydroxylation sites is 1. The number of ether oxygens (including phenoxy) is 1. The van der Waals surface area contributed by atoms with E-state index in [4.69, 9.17) is 15.7 Å². The van der Waals surface area contributed by atoms with Crippen molar-refractivity contribution < 1.29 is 4.74 Å². The van der Waals surface area contributed by atoms with Crippen LogP contribution in [-0.2, 0) is 0 Å². The molecule has 68 valence electrons. The smallest absolute Gasteiger partial charge is 0.123 e. The Morgan fingerprint density at radius 3 is 2.85 bits per heavy atom. The molecule has 1 unspecified atom stereocenters. The zero-order valence-electron chi connectivity index (χ0n) is 7.53. The predicted molar refractivity (Wildman–Crippen MR) is 50.2 cm³/mol. The number of hydrogen-bond acceptors (Lipinski definition) is 3. The van der Waals surface area contributed by atoms with Gasteiger partial charge < -0.3 is 10.5 Å². The normalized spacial score (nSPS) is 11.8. The van der Waals surface area contributed by atoms with Gasteiger partial charge in [-0.3, -0.25) is 0 Å². The molecule has 1 atom stereocenters. The van der Waals surface area contributed by atoms with Gasteiger partial charge in [0.25, 0.3) is 0 Å². The minimum Gasteiger partial charge on any atom is -0.496 e. The lowest BCUT2D eigenvalue weighted by Crippen LogP contribution is -2.10. The van der Waals surface area contributed by atoms with Gasteiger partial charge >= 0.3 is 0 Å². The molecule has 13 heavy (non-hydrogen) atoms. The van der Waals surface area contributed by atoms with Crippen LogP contribution in [0.1, 0.15) is 18.0 Å². The van der Waals surface area contributed by atoms with Crippen molar-refractivity contribution in [3.05, 3.63) is 29.8 Å². The second-order valence-corrected chi connectivity index (χ2v) is 2.71. The van der Waals surface area contributed by atoms with Crippen LogP contribution in [0.5, 0.6) is 5.75 Å². The highest BCUT2D eigenvalue weighted by Gasteiger charge is 2.09. The highest BCUT2D eigenvalue weighted by Crippen LogP contribution is 2.24. The van der Waals surface area contributed by atoms with Crippen molar-refractivity contribution in [2.75, 3.05) is 7.11 Å². The minimum atomic E-state index is -0.263. The first kappa shape index (κ1) is 9.56. The van der Waals surface area contributed by atoms with Crippen molar-refractivity contribution in [2.24, 2.45) is 5.73 Å². The number of nitriles is 1. The van der Waals surface area contributed by atoms with Crippen molar-refractivity contribution in [2.45, 2.75) is 12.5 Å². The summed E-state index contributed by atoms with van der Waals surface area (Å²) in [4.78, 5) is 0. The molecule has 0 aliphatic heterocycles. The topological polar surface area (TPSA) is 59.0 Å². The van der Waals surface area contributed by atoms with Gasteiger partial charge in [-0.1, -0.05) is 18.2 Å². The maximum absolute atomic E-state index is 8.49. The molecule has 3 nitrogen and oxygen atoms in total. The molecule has 3 heteroatoms. The Labute approximate surface area is 77.7 Å². The quantitative estimate of drug-likeness (QED) is 0.761. The SMILES string of the molecule is COc1ccccc1C(N)CC#N. The first-order valence-electron chi connectivity index (χ1n) is 4.05. The molecule has 0 heterocycles. The highest BCUT2D eigenvalue weighted by atomic mass is 16.5. The van der Waals surface area contributed by atoms with Gasteiger partial charge in [-0.2, -0.15) is 5.26 Å². The molecule has 0 amide bonds. The van der Waals surface area contributed by atoms with Crippen molar-refractivity contribution in [1.29, 1.82) is 5.26 Å². The first-order chi connectivity index (χ1) is 6.29. The van der Waals surface area contributed by atoms with Gasteiger partial charge in [-0.15, -0.1) is 0 Å². The molecule has 1 rings (SSSR count). The third kappa shape index (κ3) is 2.20. The van der Waals surface area contributed by atoms with E-state index in [1.807, 2.05) is 30.3 Å². The van der Waals surface area contributed by atoms with Gasteiger partial charge in [0.1, 0.15) is 5.75 Å². The van der Waals surface area contributed by atoms with E-state index in [0.717, 1.165) is 11.3 Å². The largest absolute Gasteiger partial charge is 0.496 e. The molecule has 0 radical (unpaired) electrons. The highest BCUT2D eigenvalue weighted by molar-refractivity contribution is 5.35. The molecular weight excluding hydrogens is 164 g/mol. The summed E-state index contributed by atoms with van der Waals surface area (Å²) >= 11 is 0. The van der Waals surface area contributed by atoms with Gasteiger partial charge in [-0.25, -0.2) is 0 Å². The standard InChI is InChI=1S/C10H12N2O/c1-13-10-5-3-2-4-8(10)9(12)6-7-11/h2-5,9H,6,12H2,1H3. The summed E-state index contributed by atoms with van der Waals surface area (Å²) in [5, 5.41) is 8.49. The number of nitrogens with two attached hydrogens (primary N) is 1. The number of rotatable bonds is 3. The maximum atomic E-state index is 8.49. The summed E-state index contributed by atoms with van der Waals surface area (Å²) in [6, 6.07) is 9.25. The summed E-state index contributed by atoms with van der Waals surface area (Å²) in [5.74, 6) is 0.741. The number of hydrogen-bond donors (Lipinski definition) is 1. The molecule has 0 bridgehead atoms. The van der Waals surface area contributed by atoms with Crippen LogP contribution in [0.25, 0.3) is 0 Å². The van der Waals surface area contributed by atoms with E-state index in [1.54, 1.807) is 7.11 Å². The lowest BCUT2D eigenvalue weighted by Gasteiger charge is -2.12. The Morgan fingerprint density at radius 2 is 2.23 bits per heavy atom. The van der Waals surface area contributed by atoms with Crippen LogP contribution in [0, 0.1) is 11.3 Å². The Bertz CT molecular complexity index is 317. The second-order valence-electron chi connectivity index (χ2n) is 2.71. The summed E-state index contributed by atoms with van der Waals surface area (Å²) in [5.41, 5.74) is 6.66. The molecule has 0 fully saturated rings. The van der Waals surface area contributed by atoms with Crippen LogP contribution in [-0.4, -0.2) is 7.11 Å².